The monoisotopic (exact) mass is 152 g/mol. The van der Waals surface area contributed by atoms with Gasteiger partial charge in [-0.05, 0) is 12.3 Å². The summed E-state index contributed by atoms with van der Waals surface area (Å²) in [7, 11) is 0. The topological polar surface area (TPSA) is 52.9 Å². The quantitative estimate of drug-likeness (QED) is 0.604. The number of nitriles is 1. The SMILES string of the molecule is CCC1CC1C(=O)NCC#N. The summed E-state index contributed by atoms with van der Waals surface area (Å²) in [5.41, 5.74) is 0. The van der Waals surface area contributed by atoms with Crippen LogP contribution in [0.3, 0.4) is 0 Å². The largest absolute Gasteiger partial charge is 0.343 e. The fraction of sp³-hybridized carbons (Fsp3) is 0.750. The lowest BCUT2D eigenvalue weighted by atomic mass is 10.2. The van der Waals surface area contributed by atoms with Crippen molar-refractivity contribution in [2.75, 3.05) is 6.54 Å². The van der Waals surface area contributed by atoms with Crippen LogP contribution in [0, 0.1) is 23.2 Å². The van der Waals surface area contributed by atoms with Gasteiger partial charge in [0.15, 0.2) is 0 Å². The molecule has 0 radical (unpaired) electrons. The van der Waals surface area contributed by atoms with Crippen molar-refractivity contribution in [1.29, 1.82) is 5.26 Å². The summed E-state index contributed by atoms with van der Waals surface area (Å²) in [5, 5.41) is 10.7. The Bertz CT molecular complexity index is 195. The third kappa shape index (κ3) is 1.94. The standard InChI is InChI=1S/C8H12N2O/c1-2-6-5-7(6)8(11)10-4-3-9/h6-7H,2,4-5H2,1H3,(H,10,11). The van der Waals surface area contributed by atoms with E-state index in [1.54, 1.807) is 0 Å². The first-order chi connectivity index (χ1) is 5.29. The third-order valence-corrected chi connectivity index (χ3v) is 2.13. The molecule has 1 fully saturated rings. The van der Waals surface area contributed by atoms with E-state index < -0.39 is 0 Å². The minimum absolute atomic E-state index is 0.0541. The second-order valence-electron chi connectivity index (χ2n) is 2.89. The molecule has 1 N–H and O–H groups in total. The number of hydrogen-bond donors (Lipinski definition) is 1. The van der Waals surface area contributed by atoms with Gasteiger partial charge in [-0.15, -0.1) is 0 Å². The van der Waals surface area contributed by atoms with Gasteiger partial charge in [-0.1, -0.05) is 13.3 Å². The average Bonchev–Trinajstić information content (AvgIpc) is 2.78. The summed E-state index contributed by atoms with van der Waals surface area (Å²) in [6.07, 6.45) is 2.08. The van der Waals surface area contributed by atoms with E-state index >= 15 is 0 Å². The van der Waals surface area contributed by atoms with Crippen LogP contribution in [0.1, 0.15) is 19.8 Å². The zero-order chi connectivity index (χ0) is 8.27. The molecule has 60 valence electrons. The maximum absolute atomic E-state index is 11.1. The molecule has 2 atom stereocenters. The van der Waals surface area contributed by atoms with Crippen molar-refractivity contribution in [2.45, 2.75) is 19.8 Å². The van der Waals surface area contributed by atoms with Crippen LogP contribution in [0.25, 0.3) is 0 Å². The lowest BCUT2D eigenvalue weighted by molar-refractivity contribution is -0.122. The molecule has 11 heavy (non-hydrogen) atoms. The lowest BCUT2D eigenvalue weighted by Crippen LogP contribution is -2.25. The summed E-state index contributed by atoms with van der Waals surface area (Å²) >= 11 is 0. The van der Waals surface area contributed by atoms with Crippen LogP contribution >= 0.6 is 0 Å². The van der Waals surface area contributed by atoms with Crippen molar-refractivity contribution >= 4 is 5.91 Å². The van der Waals surface area contributed by atoms with Crippen LogP contribution in [0.5, 0.6) is 0 Å². The number of rotatable bonds is 3. The molecule has 0 aromatic heterocycles. The highest BCUT2D eigenvalue weighted by molar-refractivity contribution is 5.81. The maximum atomic E-state index is 11.1. The van der Waals surface area contributed by atoms with Crippen molar-refractivity contribution in [3.63, 3.8) is 0 Å². The Kier molecular flexibility index (Phi) is 2.48. The Morgan fingerprint density at radius 2 is 2.55 bits per heavy atom. The molecule has 0 spiro atoms. The highest BCUT2D eigenvalue weighted by atomic mass is 16.2. The molecule has 3 heteroatoms. The second kappa shape index (κ2) is 3.38. The molecule has 0 saturated heterocycles. The molecule has 1 aliphatic rings. The molecular weight excluding hydrogens is 140 g/mol. The van der Waals surface area contributed by atoms with Gasteiger partial charge in [-0.25, -0.2) is 0 Å². The predicted molar refractivity (Wildman–Crippen MR) is 40.5 cm³/mol. The summed E-state index contributed by atoms with van der Waals surface area (Å²) in [6, 6.07) is 1.88. The van der Waals surface area contributed by atoms with Crippen LogP contribution < -0.4 is 5.32 Å². The molecular formula is C8H12N2O. The van der Waals surface area contributed by atoms with Crippen molar-refractivity contribution < 1.29 is 4.79 Å². The van der Waals surface area contributed by atoms with E-state index in [4.69, 9.17) is 5.26 Å². The van der Waals surface area contributed by atoms with Gasteiger partial charge < -0.3 is 5.32 Å². The van der Waals surface area contributed by atoms with Gasteiger partial charge >= 0.3 is 0 Å². The minimum atomic E-state index is 0.0541. The molecule has 0 aliphatic heterocycles. The van der Waals surface area contributed by atoms with Crippen molar-refractivity contribution in [3.05, 3.63) is 0 Å². The van der Waals surface area contributed by atoms with Crippen molar-refractivity contribution in [2.24, 2.45) is 11.8 Å². The normalized spacial score (nSPS) is 27.3. The van der Waals surface area contributed by atoms with E-state index in [1.807, 2.05) is 6.07 Å². The van der Waals surface area contributed by atoms with Gasteiger partial charge in [0.1, 0.15) is 6.54 Å². The van der Waals surface area contributed by atoms with Gasteiger partial charge in [-0.3, -0.25) is 4.79 Å². The molecule has 2 unspecified atom stereocenters. The number of carbonyl (C=O) groups excluding carboxylic acids is 1. The van der Waals surface area contributed by atoms with Gasteiger partial charge in [0.25, 0.3) is 0 Å². The number of nitrogens with one attached hydrogen (secondary N) is 1. The summed E-state index contributed by atoms with van der Waals surface area (Å²) in [5.74, 6) is 0.834. The molecule has 0 bridgehead atoms. The average molecular weight is 152 g/mol. The van der Waals surface area contributed by atoms with Crippen LogP contribution in [0.2, 0.25) is 0 Å². The fourth-order valence-electron chi connectivity index (χ4n) is 1.28. The number of carbonyl (C=O) groups is 1. The smallest absolute Gasteiger partial charge is 0.224 e. The Labute approximate surface area is 66.4 Å². The lowest BCUT2D eigenvalue weighted by Gasteiger charge is -1.97. The number of amides is 1. The van der Waals surface area contributed by atoms with Crippen LogP contribution in [0.4, 0.5) is 0 Å². The Morgan fingerprint density at radius 3 is 3.00 bits per heavy atom. The zero-order valence-electron chi connectivity index (χ0n) is 6.63. The molecule has 0 heterocycles. The first kappa shape index (κ1) is 8.06. The summed E-state index contributed by atoms with van der Waals surface area (Å²) < 4.78 is 0. The van der Waals surface area contributed by atoms with E-state index in [-0.39, 0.29) is 18.4 Å². The van der Waals surface area contributed by atoms with E-state index in [2.05, 4.69) is 12.2 Å². The first-order valence-corrected chi connectivity index (χ1v) is 3.94. The number of hydrogen-bond acceptors (Lipinski definition) is 2. The van der Waals surface area contributed by atoms with Gasteiger partial charge in [0.2, 0.25) is 5.91 Å². The Morgan fingerprint density at radius 1 is 1.82 bits per heavy atom. The minimum Gasteiger partial charge on any atom is -0.343 e. The van der Waals surface area contributed by atoms with Crippen LogP contribution in [-0.4, -0.2) is 12.5 Å². The summed E-state index contributed by atoms with van der Waals surface area (Å²) in [6.45, 7) is 2.23. The van der Waals surface area contributed by atoms with Gasteiger partial charge in [0, 0.05) is 5.92 Å². The van der Waals surface area contributed by atoms with Gasteiger partial charge in [0.05, 0.1) is 6.07 Å². The maximum Gasteiger partial charge on any atom is 0.224 e. The van der Waals surface area contributed by atoms with E-state index in [0.29, 0.717) is 5.92 Å². The van der Waals surface area contributed by atoms with E-state index in [0.717, 1.165) is 12.8 Å². The molecule has 1 rings (SSSR count). The first-order valence-electron chi connectivity index (χ1n) is 3.94. The van der Waals surface area contributed by atoms with Crippen molar-refractivity contribution in [3.8, 4) is 6.07 Å². The highest BCUT2D eigenvalue weighted by Crippen LogP contribution is 2.40. The second-order valence-corrected chi connectivity index (χ2v) is 2.89. The molecule has 0 aromatic rings. The van der Waals surface area contributed by atoms with Crippen molar-refractivity contribution in [1.82, 2.24) is 5.32 Å². The van der Waals surface area contributed by atoms with Crippen LogP contribution in [-0.2, 0) is 4.79 Å². The Hall–Kier alpha value is -1.04. The molecule has 0 aromatic carbocycles. The molecule has 3 nitrogen and oxygen atoms in total. The molecule has 1 aliphatic carbocycles. The predicted octanol–water partition coefficient (Wildman–Crippen LogP) is 0.672. The highest BCUT2D eigenvalue weighted by Gasteiger charge is 2.40. The molecule has 1 amide bonds. The zero-order valence-corrected chi connectivity index (χ0v) is 6.63. The summed E-state index contributed by atoms with van der Waals surface area (Å²) in [4.78, 5) is 11.1. The van der Waals surface area contributed by atoms with Gasteiger partial charge in [-0.2, -0.15) is 5.26 Å². The molecule has 1 saturated carbocycles. The van der Waals surface area contributed by atoms with E-state index in [1.165, 1.54) is 0 Å². The third-order valence-electron chi connectivity index (χ3n) is 2.13. The van der Waals surface area contributed by atoms with E-state index in [9.17, 15) is 4.79 Å². The fourth-order valence-corrected chi connectivity index (χ4v) is 1.28. The Balaban J connectivity index is 2.18. The number of nitrogens with zero attached hydrogens (tertiary/aromatic N) is 1. The van der Waals surface area contributed by atoms with Crippen LogP contribution in [0.15, 0.2) is 0 Å².